The van der Waals surface area contributed by atoms with E-state index in [1.54, 1.807) is 7.11 Å². The van der Waals surface area contributed by atoms with Crippen molar-refractivity contribution in [3.8, 4) is 5.75 Å². The van der Waals surface area contributed by atoms with Gasteiger partial charge in [-0.25, -0.2) is 0 Å². The van der Waals surface area contributed by atoms with Gasteiger partial charge in [-0.15, -0.1) is 0 Å². The Kier molecular flexibility index (Phi) is 6.93. The van der Waals surface area contributed by atoms with Gasteiger partial charge in [0.1, 0.15) is 5.75 Å². The van der Waals surface area contributed by atoms with Gasteiger partial charge < -0.3 is 4.74 Å². The minimum absolute atomic E-state index is 0.582. The molecule has 0 aliphatic heterocycles. The van der Waals surface area contributed by atoms with Crippen molar-refractivity contribution in [3.63, 3.8) is 0 Å². The van der Waals surface area contributed by atoms with Gasteiger partial charge in [0.2, 0.25) is 0 Å². The second kappa shape index (κ2) is 8.57. The molecular weight excluding hydrogens is 220 g/mol. The summed E-state index contributed by atoms with van der Waals surface area (Å²) < 4.78 is 5.16. The van der Waals surface area contributed by atoms with Crippen LogP contribution in [0.2, 0.25) is 0 Å². The first-order valence-electron chi connectivity index (χ1n) is 6.68. The van der Waals surface area contributed by atoms with Gasteiger partial charge in [-0.3, -0.25) is 0 Å². The van der Waals surface area contributed by atoms with Crippen LogP contribution in [0.15, 0.2) is 48.6 Å². The van der Waals surface area contributed by atoms with Crippen LogP contribution in [-0.4, -0.2) is 7.11 Å². The molecule has 1 heteroatoms. The van der Waals surface area contributed by atoms with Gasteiger partial charge in [0.25, 0.3) is 0 Å². The SMILES string of the molecule is C/C=C/C(/C=C/C)CCCc1ccc(OC)cc1. The first-order chi connectivity index (χ1) is 8.80. The Morgan fingerprint density at radius 2 is 1.67 bits per heavy atom. The molecule has 0 bridgehead atoms. The van der Waals surface area contributed by atoms with E-state index in [-0.39, 0.29) is 0 Å². The fourth-order valence-corrected chi connectivity index (χ4v) is 2.09. The van der Waals surface area contributed by atoms with Crippen molar-refractivity contribution in [3.05, 3.63) is 54.1 Å². The molecule has 1 nitrogen and oxygen atoms in total. The monoisotopic (exact) mass is 244 g/mol. The lowest BCUT2D eigenvalue weighted by atomic mass is 9.98. The van der Waals surface area contributed by atoms with E-state index in [2.05, 4.69) is 50.3 Å². The molecule has 98 valence electrons. The first kappa shape index (κ1) is 14.6. The Morgan fingerprint density at radius 1 is 1.06 bits per heavy atom. The molecule has 0 fully saturated rings. The Bertz CT molecular complexity index is 361. The number of hydrogen-bond acceptors (Lipinski definition) is 1. The first-order valence-corrected chi connectivity index (χ1v) is 6.68. The highest BCUT2D eigenvalue weighted by molar-refractivity contribution is 5.27. The topological polar surface area (TPSA) is 9.23 Å². The number of rotatable bonds is 7. The lowest BCUT2D eigenvalue weighted by Crippen LogP contribution is -1.94. The quantitative estimate of drug-likeness (QED) is 0.627. The summed E-state index contributed by atoms with van der Waals surface area (Å²) >= 11 is 0. The van der Waals surface area contributed by atoms with Gasteiger partial charge in [0.05, 0.1) is 7.11 Å². The third-order valence-corrected chi connectivity index (χ3v) is 3.04. The normalized spacial score (nSPS) is 11.8. The van der Waals surface area contributed by atoms with Gasteiger partial charge in [0.15, 0.2) is 0 Å². The van der Waals surface area contributed by atoms with Crippen LogP contribution in [-0.2, 0) is 6.42 Å². The predicted molar refractivity (Wildman–Crippen MR) is 79.1 cm³/mol. The maximum absolute atomic E-state index is 5.16. The number of ether oxygens (including phenoxy) is 1. The van der Waals surface area contributed by atoms with Crippen LogP contribution in [0.1, 0.15) is 32.3 Å². The van der Waals surface area contributed by atoms with Crippen LogP contribution in [0.25, 0.3) is 0 Å². The molecule has 0 aromatic heterocycles. The lowest BCUT2D eigenvalue weighted by Gasteiger charge is -2.08. The summed E-state index contributed by atoms with van der Waals surface area (Å²) in [6.45, 7) is 4.17. The average Bonchev–Trinajstić information content (AvgIpc) is 2.40. The molecule has 0 aliphatic carbocycles. The molecule has 0 heterocycles. The molecule has 0 saturated carbocycles. The number of hydrogen-bond donors (Lipinski definition) is 0. The molecule has 0 spiro atoms. The van der Waals surface area contributed by atoms with E-state index in [4.69, 9.17) is 4.74 Å². The van der Waals surface area contributed by atoms with E-state index in [9.17, 15) is 0 Å². The van der Waals surface area contributed by atoms with E-state index in [0.717, 1.165) is 12.2 Å². The number of allylic oxidation sites excluding steroid dienone is 4. The zero-order valence-corrected chi connectivity index (χ0v) is 11.7. The molecule has 0 aliphatic rings. The fourth-order valence-electron chi connectivity index (χ4n) is 2.09. The van der Waals surface area contributed by atoms with Gasteiger partial charge in [-0.1, -0.05) is 36.4 Å². The smallest absolute Gasteiger partial charge is 0.118 e. The summed E-state index contributed by atoms with van der Waals surface area (Å²) in [6, 6.07) is 8.37. The molecule has 0 N–H and O–H groups in total. The van der Waals surface area contributed by atoms with Gasteiger partial charge in [-0.05, 0) is 56.7 Å². The largest absolute Gasteiger partial charge is 0.497 e. The van der Waals surface area contributed by atoms with Crippen LogP contribution < -0.4 is 4.74 Å². The standard InChI is InChI=1S/C17H24O/c1-4-7-15(8-5-2)9-6-10-16-11-13-17(18-3)14-12-16/h4-5,7-8,11-15H,6,9-10H2,1-3H3/b7-4+,8-5+. The third kappa shape index (κ3) is 5.22. The third-order valence-electron chi connectivity index (χ3n) is 3.04. The second-order valence-electron chi connectivity index (χ2n) is 4.46. The minimum atomic E-state index is 0.582. The molecular formula is C17H24O. The fraction of sp³-hybridized carbons (Fsp3) is 0.412. The maximum atomic E-state index is 5.16. The number of benzene rings is 1. The molecule has 0 unspecified atom stereocenters. The zero-order chi connectivity index (χ0) is 13.2. The number of aryl methyl sites for hydroxylation is 1. The van der Waals surface area contributed by atoms with Crippen LogP contribution in [0.4, 0.5) is 0 Å². The molecule has 18 heavy (non-hydrogen) atoms. The molecule has 0 radical (unpaired) electrons. The highest BCUT2D eigenvalue weighted by atomic mass is 16.5. The summed E-state index contributed by atoms with van der Waals surface area (Å²) in [4.78, 5) is 0. The van der Waals surface area contributed by atoms with Gasteiger partial charge in [0, 0.05) is 0 Å². The molecule has 0 atom stereocenters. The van der Waals surface area contributed by atoms with Gasteiger partial charge >= 0.3 is 0 Å². The van der Waals surface area contributed by atoms with E-state index >= 15 is 0 Å². The molecule has 0 saturated heterocycles. The average molecular weight is 244 g/mol. The summed E-state index contributed by atoms with van der Waals surface area (Å²) in [5, 5.41) is 0. The predicted octanol–water partition coefficient (Wildman–Crippen LogP) is 4.79. The highest BCUT2D eigenvalue weighted by Gasteiger charge is 2.00. The van der Waals surface area contributed by atoms with E-state index in [1.165, 1.54) is 18.4 Å². The van der Waals surface area contributed by atoms with Crippen molar-refractivity contribution in [2.24, 2.45) is 5.92 Å². The Hall–Kier alpha value is -1.50. The zero-order valence-electron chi connectivity index (χ0n) is 11.7. The second-order valence-corrected chi connectivity index (χ2v) is 4.46. The van der Waals surface area contributed by atoms with E-state index in [1.807, 2.05) is 12.1 Å². The van der Waals surface area contributed by atoms with Gasteiger partial charge in [-0.2, -0.15) is 0 Å². The lowest BCUT2D eigenvalue weighted by molar-refractivity contribution is 0.414. The van der Waals surface area contributed by atoms with Crippen molar-refractivity contribution in [2.75, 3.05) is 7.11 Å². The molecule has 1 aromatic carbocycles. The van der Waals surface area contributed by atoms with E-state index < -0.39 is 0 Å². The molecule has 1 rings (SSSR count). The molecule has 0 amide bonds. The summed E-state index contributed by atoms with van der Waals surface area (Å²) in [6.07, 6.45) is 12.4. The summed E-state index contributed by atoms with van der Waals surface area (Å²) in [5.74, 6) is 1.51. The van der Waals surface area contributed by atoms with Crippen molar-refractivity contribution in [2.45, 2.75) is 33.1 Å². The number of methoxy groups -OCH3 is 1. The Balaban J connectivity index is 2.39. The van der Waals surface area contributed by atoms with Crippen LogP contribution in [0.3, 0.4) is 0 Å². The van der Waals surface area contributed by atoms with Crippen molar-refractivity contribution in [1.29, 1.82) is 0 Å². The van der Waals surface area contributed by atoms with Crippen LogP contribution in [0.5, 0.6) is 5.75 Å². The van der Waals surface area contributed by atoms with Crippen LogP contribution >= 0.6 is 0 Å². The Morgan fingerprint density at radius 3 is 2.17 bits per heavy atom. The van der Waals surface area contributed by atoms with Crippen molar-refractivity contribution in [1.82, 2.24) is 0 Å². The summed E-state index contributed by atoms with van der Waals surface area (Å²) in [5.41, 5.74) is 1.38. The van der Waals surface area contributed by atoms with Crippen molar-refractivity contribution < 1.29 is 4.74 Å². The molecule has 1 aromatic rings. The summed E-state index contributed by atoms with van der Waals surface area (Å²) in [7, 11) is 1.70. The Labute approximate surface area is 111 Å². The minimum Gasteiger partial charge on any atom is -0.497 e. The van der Waals surface area contributed by atoms with Crippen molar-refractivity contribution >= 4 is 0 Å². The highest BCUT2D eigenvalue weighted by Crippen LogP contribution is 2.16. The van der Waals surface area contributed by atoms with E-state index in [0.29, 0.717) is 5.92 Å². The maximum Gasteiger partial charge on any atom is 0.118 e. The van der Waals surface area contributed by atoms with Crippen LogP contribution in [0, 0.1) is 5.92 Å².